The monoisotopic (exact) mass is 363 g/mol. The highest BCUT2D eigenvalue weighted by molar-refractivity contribution is 5.94. The van der Waals surface area contributed by atoms with Gasteiger partial charge in [-0.05, 0) is 56.4 Å². The first kappa shape index (κ1) is 17.3. The predicted octanol–water partition coefficient (Wildman–Crippen LogP) is 3.25. The maximum Gasteiger partial charge on any atom is 0.335 e. The van der Waals surface area contributed by atoms with Gasteiger partial charge in [-0.25, -0.2) is 9.48 Å². The zero-order valence-corrected chi connectivity index (χ0v) is 15.4. The van der Waals surface area contributed by atoms with Crippen molar-refractivity contribution in [3.05, 3.63) is 81.2 Å². The summed E-state index contributed by atoms with van der Waals surface area (Å²) in [7, 11) is 0. The van der Waals surface area contributed by atoms with Gasteiger partial charge in [0.2, 0.25) is 0 Å². The zero-order valence-electron chi connectivity index (χ0n) is 15.4. The van der Waals surface area contributed by atoms with Gasteiger partial charge in [0.05, 0.1) is 23.5 Å². The van der Waals surface area contributed by atoms with Crippen molar-refractivity contribution in [3.63, 3.8) is 0 Å². The predicted molar refractivity (Wildman–Crippen MR) is 101 cm³/mol. The van der Waals surface area contributed by atoms with E-state index in [4.69, 9.17) is 4.42 Å². The topological polar surface area (TPSA) is 77.1 Å². The van der Waals surface area contributed by atoms with Crippen LogP contribution in [0.1, 0.15) is 51.6 Å². The van der Waals surface area contributed by atoms with Crippen molar-refractivity contribution in [2.24, 2.45) is 0 Å². The molecule has 0 fully saturated rings. The second kappa shape index (κ2) is 6.87. The van der Waals surface area contributed by atoms with E-state index in [-0.39, 0.29) is 11.9 Å². The Bertz CT molecular complexity index is 1040. The molecule has 0 aliphatic heterocycles. The lowest BCUT2D eigenvalue weighted by atomic mass is 9.92. The molecule has 6 nitrogen and oxygen atoms in total. The van der Waals surface area contributed by atoms with Gasteiger partial charge in [0.1, 0.15) is 6.26 Å². The fourth-order valence-electron chi connectivity index (χ4n) is 3.61. The summed E-state index contributed by atoms with van der Waals surface area (Å²) in [6, 6.07) is 8.83. The van der Waals surface area contributed by atoms with E-state index in [2.05, 4.69) is 36.4 Å². The van der Waals surface area contributed by atoms with Crippen LogP contribution in [0.4, 0.5) is 0 Å². The third-order valence-electron chi connectivity index (χ3n) is 5.26. The van der Waals surface area contributed by atoms with Crippen LogP contribution in [0.2, 0.25) is 0 Å². The Labute approximate surface area is 156 Å². The van der Waals surface area contributed by atoms with Gasteiger partial charge in [0, 0.05) is 17.3 Å². The van der Waals surface area contributed by atoms with Crippen LogP contribution in [0.3, 0.4) is 0 Å². The summed E-state index contributed by atoms with van der Waals surface area (Å²) in [4.78, 5) is 23.6. The SMILES string of the molecule is Cc1cccc(-n2ncc3c2CCCC3NC(=O)c2ccc(=O)oc2)c1C. The highest BCUT2D eigenvalue weighted by Gasteiger charge is 2.27. The minimum absolute atomic E-state index is 0.105. The quantitative estimate of drug-likeness (QED) is 0.775. The van der Waals surface area contributed by atoms with E-state index in [9.17, 15) is 9.59 Å². The second-order valence-electron chi connectivity index (χ2n) is 6.94. The molecule has 0 spiro atoms. The van der Waals surface area contributed by atoms with Crippen LogP contribution in [0.5, 0.6) is 0 Å². The lowest BCUT2D eigenvalue weighted by Gasteiger charge is -2.24. The van der Waals surface area contributed by atoms with Crippen molar-refractivity contribution in [2.75, 3.05) is 0 Å². The number of nitrogens with one attached hydrogen (secondary N) is 1. The van der Waals surface area contributed by atoms with Crippen LogP contribution in [-0.4, -0.2) is 15.7 Å². The molecule has 1 aliphatic carbocycles. The van der Waals surface area contributed by atoms with E-state index < -0.39 is 5.63 Å². The normalized spacial score (nSPS) is 16.0. The molecule has 1 atom stereocenters. The molecule has 2 heterocycles. The van der Waals surface area contributed by atoms with Crippen molar-refractivity contribution >= 4 is 5.91 Å². The van der Waals surface area contributed by atoms with Gasteiger partial charge >= 0.3 is 5.63 Å². The Kier molecular flexibility index (Phi) is 4.39. The maximum absolute atomic E-state index is 12.5. The number of fused-ring (bicyclic) bond motifs is 1. The third kappa shape index (κ3) is 3.18. The van der Waals surface area contributed by atoms with Crippen molar-refractivity contribution in [1.29, 1.82) is 0 Å². The number of hydrogen-bond acceptors (Lipinski definition) is 4. The summed E-state index contributed by atoms with van der Waals surface area (Å²) in [5.74, 6) is -0.254. The van der Waals surface area contributed by atoms with Crippen molar-refractivity contribution in [3.8, 4) is 5.69 Å². The van der Waals surface area contributed by atoms with Crippen molar-refractivity contribution < 1.29 is 9.21 Å². The number of carbonyl (C=O) groups excluding carboxylic acids is 1. The molecular formula is C21H21N3O3. The van der Waals surface area contributed by atoms with Crippen LogP contribution in [0.25, 0.3) is 5.69 Å². The first-order chi connectivity index (χ1) is 13.0. The van der Waals surface area contributed by atoms with Gasteiger partial charge in [-0.1, -0.05) is 12.1 Å². The molecule has 0 saturated carbocycles. The number of rotatable bonds is 3. The minimum Gasteiger partial charge on any atom is -0.430 e. The van der Waals surface area contributed by atoms with Gasteiger partial charge in [-0.15, -0.1) is 0 Å². The Morgan fingerprint density at radius 2 is 2.11 bits per heavy atom. The third-order valence-corrected chi connectivity index (χ3v) is 5.26. The molecule has 1 aromatic carbocycles. The van der Waals surface area contributed by atoms with Gasteiger partial charge in [0.15, 0.2) is 0 Å². The van der Waals surface area contributed by atoms with E-state index in [1.807, 2.05) is 16.9 Å². The van der Waals surface area contributed by atoms with E-state index in [1.54, 1.807) is 0 Å². The van der Waals surface area contributed by atoms with Crippen LogP contribution in [-0.2, 0) is 6.42 Å². The van der Waals surface area contributed by atoms with Gasteiger partial charge in [-0.2, -0.15) is 5.10 Å². The Balaban J connectivity index is 1.64. The molecular weight excluding hydrogens is 342 g/mol. The van der Waals surface area contributed by atoms with E-state index in [0.717, 1.165) is 36.2 Å². The summed E-state index contributed by atoms with van der Waals surface area (Å²) in [6.07, 6.45) is 5.80. The van der Waals surface area contributed by atoms with E-state index >= 15 is 0 Å². The highest BCUT2D eigenvalue weighted by atomic mass is 16.4. The zero-order chi connectivity index (χ0) is 19.0. The number of hydrogen-bond donors (Lipinski definition) is 1. The molecule has 0 radical (unpaired) electrons. The molecule has 1 aliphatic rings. The van der Waals surface area contributed by atoms with E-state index in [0.29, 0.717) is 5.56 Å². The fourth-order valence-corrected chi connectivity index (χ4v) is 3.61. The fraction of sp³-hybridized carbons (Fsp3) is 0.286. The standard InChI is InChI=1S/C21H21N3O3/c1-13-5-3-7-18(14(13)2)24-19-8-4-6-17(16(19)11-22-24)23-21(26)15-9-10-20(25)27-12-15/h3,5,7,9-12,17H,4,6,8H2,1-2H3,(H,23,26). The van der Waals surface area contributed by atoms with Crippen molar-refractivity contribution in [1.82, 2.24) is 15.1 Å². The number of amides is 1. The number of nitrogens with zero attached hydrogens (tertiary/aromatic N) is 2. The molecule has 3 aromatic rings. The molecule has 4 rings (SSSR count). The number of carbonyl (C=O) groups is 1. The van der Waals surface area contributed by atoms with Gasteiger partial charge < -0.3 is 9.73 Å². The molecule has 1 N–H and O–H groups in total. The smallest absolute Gasteiger partial charge is 0.335 e. The Morgan fingerprint density at radius 1 is 1.26 bits per heavy atom. The summed E-state index contributed by atoms with van der Waals surface area (Å²) < 4.78 is 6.79. The number of aryl methyl sites for hydroxylation is 1. The molecule has 0 bridgehead atoms. The van der Waals surface area contributed by atoms with Gasteiger partial charge in [0.25, 0.3) is 5.91 Å². The number of benzene rings is 1. The summed E-state index contributed by atoms with van der Waals surface area (Å²) in [5.41, 5.74) is 5.56. The maximum atomic E-state index is 12.5. The first-order valence-electron chi connectivity index (χ1n) is 9.07. The Morgan fingerprint density at radius 3 is 2.89 bits per heavy atom. The number of aromatic nitrogens is 2. The lowest BCUT2D eigenvalue weighted by Crippen LogP contribution is -2.31. The first-order valence-corrected chi connectivity index (χ1v) is 9.07. The summed E-state index contributed by atoms with van der Waals surface area (Å²) >= 11 is 0. The average Bonchev–Trinajstić information content (AvgIpc) is 3.09. The van der Waals surface area contributed by atoms with Crippen molar-refractivity contribution in [2.45, 2.75) is 39.2 Å². The van der Waals surface area contributed by atoms with Crippen LogP contribution >= 0.6 is 0 Å². The van der Waals surface area contributed by atoms with Crippen LogP contribution in [0.15, 0.2) is 52.0 Å². The summed E-state index contributed by atoms with van der Waals surface area (Å²) in [5, 5.41) is 7.66. The molecule has 6 heteroatoms. The average molecular weight is 363 g/mol. The highest BCUT2D eigenvalue weighted by Crippen LogP contribution is 2.32. The molecule has 1 unspecified atom stereocenters. The minimum atomic E-state index is -0.471. The van der Waals surface area contributed by atoms with Gasteiger partial charge in [-0.3, -0.25) is 4.79 Å². The lowest BCUT2D eigenvalue weighted by molar-refractivity contribution is 0.0930. The molecule has 0 saturated heterocycles. The molecule has 27 heavy (non-hydrogen) atoms. The Hall–Kier alpha value is -3.15. The second-order valence-corrected chi connectivity index (χ2v) is 6.94. The summed E-state index contributed by atoms with van der Waals surface area (Å²) in [6.45, 7) is 4.19. The molecule has 2 aromatic heterocycles. The van der Waals surface area contributed by atoms with Crippen LogP contribution < -0.4 is 10.9 Å². The van der Waals surface area contributed by atoms with E-state index in [1.165, 1.54) is 29.5 Å². The molecule has 1 amide bonds. The molecule has 138 valence electrons. The largest absolute Gasteiger partial charge is 0.430 e. The van der Waals surface area contributed by atoms with Crippen LogP contribution in [0, 0.1) is 13.8 Å².